The van der Waals surface area contributed by atoms with Crippen LogP contribution in [0, 0.1) is 6.92 Å². The number of aryl methyl sites for hydroxylation is 1. The van der Waals surface area contributed by atoms with Gasteiger partial charge in [0.15, 0.2) is 11.5 Å². The second-order valence-electron chi connectivity index (χ2n) is 7.13. The van der Waals surface area contributed by atoms with Gasteiger partial charge in [-0.3, -0.25) is 8.37 Å². The van der Waals surface area contributed by atoms with Gasteiger partial charge in [0, 0.05) is 0 Å². The molecule has 29 heavy (non-hydrogen) atoms. The summed E-state index contributed by atoms with van der Waals surface area (Å²) < 4.78 is 73.7. The first-order chi connectivity index (χ1) is 13.8. The Labute approximate surface area is 167 Å². The summed E-state index contributed by atoms with van der Waals surface area (Å²) in [5.41, 5.74) is 1.22. The lowest BCUT2D eigenvalue weighted by Gasteiger charge is -2.42. The van der Waals surface area contributed by atoms with Crippen LogP contribution in [0.15, 0.2) is 36.4 Å². The molecular weight excluding hydrogens is 411 g/mol. The molecule has 1 unspecified atom stereocenters. The molecule has 0 aliphatic carbocycles. The van der Waals surface area contributed by atoms with Crippen LogP contribution in [-0.4, -0.2) is 35.7 Å². The van der Waals surface area contributed by atoms with Crippen molar-refractivity contribution in [2.45, 2.75) is 31.3 Å². The lowest BCUT2D eigenvalue weighted by molar-refractivity contribution is -0.137. The number of fused-ring (bicyclic) bond motifs is 3. The number of nitrogens with zero attached hydrogens (tertiary/aromatic N) is 1. The Morgan fingerprint density at radius 3 is 2.52 bits per heavy atom. The largest absolute Gasteiger partial charge is 0.453 e. The minimum absolute atomic E-state index is 0.0834. The topological polar surface area (TPSA) is 57.2 Å². The van der Waals surface area contributed by atoms with E-state index >= 15 is 0 Å². The maximum absolute atomic E-state index is 13.2. The zero-order valence-corrected chi connectivity index (χ0v) is 16.0. The van der Waals surface area contributed by atoms with Crippen molar-refractivity contribution in [3.63, 3.8) is 0 Å². The zero-order chi connectivity index (χ0) is 20.3. The zero-order valence-electron chi connectivity index (χ0n) is 15.1. The van der Waals surface area contributed by atoms with Crippen LogP contribution < -0.4 is 9.64 Å². The monoisotopic (exact) mass is 427 g/mol. The fourth-order valence-electron chi connectivity index (χ4n) is 3.87. The van der Waals surface area contributed by atoms with E-state index in [2.05, 4.69) is 0 Å². The summed E-state index contributed by atoms with van der Waals surface area (Å²) in [7, 11) is 0. The molecule has 0 saturated carbocycles. The Hall–Kier alpha value is -2.14. The summed E-state index contributed by atoms with van der Waals surface area (Å²) in [6.07, 6.45) is -5.58. The maximum atomic E-state index is 13.2. The summed E-state index contributed by atoms with van der Waals surface area (Å²) in [4.78, 5) is 1.83. The molecule has 0 aromatic heterocycles. The molecule has 0 amide bonds. The molecule has 4 atom stereocenters. The molecular formula is C19H16F3NO5S. The average molecular weight is 427 g/mol. The van der Waals surface area contributed by atoms with E-state index in [0.717, 1.165) is 17.7 Å². The van der Waals surface area contributed by atoms with Crippen molar-refractivity contribution >= 4 is 22.7 Å². The predicted octanol–water partition coefficient (Wildman–Crippen LogP) is 4.02. The van der Waals surface area contributed by atoms with Crippen molar-refractivity contribution in [2.75, 3.05) is 18.1 Å². The molecule has 3 aliphatic heterocycles. The van der Waals surface area contributed by atoms with Crippen LogP contribution in [0.5, 0.6) is 11.5 Å². The third kappa shape index (κ3) is 3.20. The molecule has 0 N–H and O–H groups in total. The highest BCUT2D eigenvalue weighted by molar-refractivity contribution is 7.75. The Kier molecular flexibility index (Phi) is 4.35. The van der Waals surface area contributed by atoms with Crippen molar-refractivity contribution in [2.24, 2.45) is 0 Å². The molecule has 5 rings (SSSR count). The first kappa shape index (κ1) is 18.9. The molecule has 2 fully saturated rings. The highest BCUT2D eigenvalue weighted by atomic mass is 32.2. The molecule has 2 aromatic rings. The number of alkyl halides is 3. The molecule has 3 heterocycles. The molecule has 2 aromatic carbocycles. The predicted molar refractivity (Wildman–Crippen MR) is 97.3 cm³/mol. The molecule has 6 nitrogen and oxygen atoms in total. The number of halogens is 3. The van der Waals surface area contributed by atoms with Gasteiger partial charge >= 0.3 is 17.5 Å². The highest BCUT2D eigenvalue weighted by Crippen LogP contribution is 2.50. The summed E-state index contributed by atoms with van der Waals surface area (Å²) >= 11 is -1.89. The molecule has 3 aliphatic rings. The van der Waals surface area contributed by atoms with Gasteiger partial charge in [0.05, 0.1) is 36.2 Å². The maximum Gasteiger partial charge on any atom is 0.416 e. The third-order valence-corrected chi connectivity index (χ3v) is 5.97. The van der Waals surface area contributed by atoms with Crippen LogP contribution in [0.25, 0.3) is 0 Å². The number of anilines is 2. The van der Waals surface area contributed by atoms with Gasteiger partial charge in [0.1, 0.15) is 12.2 Å². The van der Waals surface area contributed by atoms with Crippen LogP contribution in [0.4, 0.5) is 24.5 Å². The molecule has 10 heteroatoms. The van der Waals surface area contributed by atoms with Crippen molar-refractivity contribution in [1.82, 2.24) is 0 Å². The quantitative estimate of drug-likeness (QED) is 0.685. The van der Waals surface area contributed by atoms with Gasteiger partial charge in [-0.2, -0.15) is 17.4 Å². The van der Waals surface area contributed by atoms with E-state index in [9.17, 15) is 17.4 Å². The van der Waals surface area contributed by atoms with Crippen LogP contribution in [0.1, 0.15) is 11.1 Å². The van der Waals surface area contributed by atoms with Gasteiger partial charge in [-0.1, -0.05) is 6.07 Å². The number of hydrogen-bond donors (Lipinski definition) is 0. The summed E-state index contributed by atoms with van der Waals surface area (Å²) in [6, 6.07) is 8.39. The van der Waals surface area contributed by atoms with Gasteiger partial charge in [-0.15, -0.1) is 0 Å². The SMILES string of the molecule is Cc1ccc2c(c1)Oc1cc(C(F)(F)F)ccc1N2[C@H]1COC[C@@H]2OS(=O)O[C@@H]21. The molecule has 0 bridgehead atoms. The molecule has 154 valence electrons. The van der Waals surface area contributed by atoms with Gasteiger partial charge in [0.2, 0.25) is 0 Å². The minimum Gasteiger partial charge on any atom is -0.453 e. The Morgan fingerprint density at radius 2 is 1.76 bits per heavy atom. The van der Waals surface area contributed by atoms with Crippen LogP contribution >= 0.6 is 0 Å². The normalized spacial score (nSPS) is 28.3. The second-order valence-corrected chi connectivity index (χ2v) is 7.92. The average Bonchev–Trinajstić information content (AvgIpc) is 3.05. The van der Waals surface area contributed by atoms with Crippen LogP contribution in [0.2, 0.25) is 0 Å². The van der Waals surface area contributed by atoms with E-state index in [1.807, 2.05) is 24.0 Å². The third-order valence-electron chi connectivity index (χ3n) is 5.18. The first-order valence-corrected chi connectivity index (χ1v) is 9.94. The summed E-state index contributed by atoms with van der Waals surface area (Å²) in [5.74, 6) is 0.513. The molecule has 0 spiro atoms. The van der Waals surface area contributed by atoms with Gasteiger partial charge < -0.3 is 14.4 Å². The number of ether oxygens (including phenoxy) is 2. The Morgan fingerprint density at radius 1 is 1.03 bits per heavy atom. The number of rotatable bonds is 1. The van der Waals surface area contributed by atoms with Crippen molar-refractivity contribution in [3.8, 4) is 11.5 Å². The second kappa shape index (κ2) is 6.69. The summed E-state index contributed by atoms with van der Waals surface area (Å²) in [6.45, 7) is 2.33. The lowest BCUT2D eigenvalue weighted by Crippen LogP contribution is -2.54. The van der Waals surface area contributed by atoms with Crippen LogP contribution in [0.3, 0.4) is 0 Å². The Balaban J connectivity index is 1.64. The van der Waals surface area contributed by atoms with Gasteiger partial charge in [-0.25, -0.2) is 0 Å². The van der Waals surface area contributed by atoms with Crippen LogP contribution in [-0.2, 0) is 30.6 Å². The number of benzene rings is 2. The standard InChI is InChI=1S/C19H16F3NO5S/c1-10-2-4-12-15(6-10)26-16-7-11(19(20,21)22)3-5-13(16)23(12)14-8-25-9-17-18(14)28-29(24)27-17/h2-7,14,17-18H,8-9H2,1H3/t14-,17-,18+,29?/m0/s1. The van der Waals surface area contributed by atoms with E-state index in [4.69, 9.17) is 17.8 Å². The number of hydrogen-bond acceptors (Lipinski definition) is 6. The fourth-order valence-corrected chi connectivity index (χ4v) is 4.71. The Bertz CT molecular complexity index is 998. The van der Waals surface area contributed by atoms with E-state index < -0.39 is 41.4 Å². The molecule has 0 radical (unpaired) electrons. The summed E-state index contributed by atoms with van der Waals surface area (Å²) in [5, 5.41) is 0. The fraction of sp³-hybridized carbons (Fsp3) is 0.368. The van der Waals surface area contributed by atoms with Gasteiger partial charge in [0.25, 0.3) is 0 Å². The van der Waals surface area contributed by atoms with E-state index in [1.54, 1.807) is 6.07 Å². The molecule has 2 saturated heterocycles. The van der Waals surface area contributed by atoms with E-state index in [1.165, 1.54) is 6.07 Å². The van der Waals surface area contributed by atoms with Crippen molar-refractivity contribution < 1.29 is 35.2 Å². The van der Waals surface area contributed by atoms with E-state index in [0.29, 0.717) is 17.1 Å². The van der Waals surface area contributed by atoms with Crippen molar-refractivity contribution in [3.05, 3.63) is 47.5 Å². The van der Waals surface area contributed by atoms with Crippen molar-refractivity contribution in [1.29, 1.82) is 0 Å². The lowest BCUT2D eigenvalue weighted by atomic mass is 9.98. The smallest absolute Gasteiger partial charge is 0.416 e. The first-order valence-electron chi connectivity index (χ1n) is 8.94. The minimum atomic E-state index is -4.49. The van der Waals surface area contributed by atoms with E-state index in [-0.39, 0.29) is 19.0 Å². The highest BCUT2D eigenvalue weighted by Gasteiger charge is 2.48. The van der Waals surface area contributed by atoms with Gasteiger partial charge in [-0.05, 0) is 42.8 Å².